The van der Waals surface area contributed by atoms with E-state index in [0.29, 0.717) is 12.2 Å². The molecule has 30 heavy (non-hydrogen) atoms. The highest BCUT2D eigenvalue weighted by molar-refractivity contribution is 5.91. The maximum Gasteiger partial charge on any atom is 0.338 e. The first kappa shape index (κ1) is 21.5. The summed E-state index contributed by atoms with van der Waals surface area (Å²) in [5.41, 5.74) is 3.30. The second-order valence-electron chi connectivity index (χ2n) is 7.43. The fourth-order valence-electron chi connectivity index (χ4n) is 3.26. The molecule has 0 bridgehead atoms. The summed E-state index contributed by atoms with van der Waals surface area (Å²) in [5, 5.41) is 2.77. The number of nitrogens with one attached hydrogen (secondary N) is 1. The number of carbonyl (C=O) groups excluding carboxylic acids is 2. The average Bonchev–Trinajstić information content (AvgIpc) is 3.09. The summed E-state index contributed by atoms with van der Waals surface area (Å²) in [6, 6.07) is 10.9. The third-order valence-electron chi connectivity index (χ3n) is 4.81. The Morgan fingerprint density at radius 1 is 1.20 bits per heavy atom. The minimum Gasteiger partial charge on any atom is -0.494 e. The van der Waals surface area contributed by atoms with Crippen molar-refractivity contribution in [1.82, 2.24) is 5.32 Å². The highest BCUT2D eigenvalue weighted by Crippen LogP contribution is 2.35. The quantitative estimate of drug-likeness (QED) is 0.672. The van der Waals surface area contributed by atoms with E-state index in [2.05, 4.69) is 5.32 Å². The van der Waals surface area contributed by atoms with Crippen LogP contribution >= 0.6 is 0 Å². The lowest BCUT2D eigenvalue weighted by Gasteiger charge is -2.14. The van der Waals surface area contributed by atoms with Gasteiger partial charge in [-0.2, -0.15) is 0 Å². The summed E-state index contributed by atoms with van der Waals surface area (Å²) < 4.78 is 16.6. The van der Waals surface area contributed by atoms with E-state index in [1.807, 2.05) is 57.1 Å². The number of esters is 1. The summed E-state index contributed by atoms with van der Waals surface area (Å²) in [4.78, 5) is 26.3. The number of rotatable bonds is 8. The molecule has 0 saturated carbocycles. The van der Waals surface area contributed by atoms with E-state index in [4.69, 9.17) is 14.2 Å². The van der Waals surface area contributed by atoms with Gasteiger partial charge in [0.15, 0.2) is 6.61 Å². The van der Waals surface area contributed by atoms with Crippen LogP contribution in [-0.2, 0) is 22.5 Å². The number of ether oxygens (including phenoxy) is 3. The van der Waals surface area contributed by atoms with Crippen molar-refractivity contribution in [2.45, 2.75) is 32.9 Å². The maximum atomic E-state index is 12.2. The van der Waals surface area contributed by atoms with Gasteiger partial charge in [-0.05, 0) is 50.2 Å². The van der Waals surface area contributed by atoms with E-state index < -0.39 is 5.97 Å². The molecule has 0 radical (unpaired) electrons. The topological polar surface area (TPSA) is 77.1 Å². The molecule has 7 nitrogen and oxygen atoms in total. The highest BCUT2D eigenvalue weighted by atomic mass is 16.5. The highest BCUT2D eigenvalue weighted by Gasteiger charge is 2.22. The Kier molecular flexibility index (Phi) is 6.82. The average molecular weight is 412 g/mol. The Morgan fingerprint density at radius 2 is 1.93 bits per heavy atom. The van der Waals surface area contributed by atoms with Crippen LogP contribution in [0.15, 0.2) is 36.4 Å². The number of benzene rings is 2. The van der Waals surface area contributed by atoms with Gasteiger partial charge in [-0.25, -0.2) is 4.79 Å². The lowest BCUT2D eigenvalue weighted by Crippen LogP contribution is -2.28. The molecule has 0 unspecified atom stereocenters. The third-order valence-corrected chi connectivity index (χ3v) is 4.81. The van der Waals surface area contributed by atoms with Crippen LogP contribution in [0, 0.1) is 0 Å². The van der Waals surface area contributed by atoms with Crippen LogP contribution in [-0.4, -0.2) is 45.3 Å². The van der Waals surface area contributed by atoms with Gasteiger partial charge < -0.3 is 24.4 Å². The number of fused-ring (bicyclic) bond motifs is 1. The zero-order valence-corrected chi connectivity index (χ0v) is 17.9. The first-order valence-electron chi connectivity index (χ1n) is 10.0. The molecule has 0 spiro atoms. The summed E-state index contributed by atoms with van der Waals surface area (Å²) in [6.45, 7) is 4.37. The van der Waals surface area contributed by atoms with Gasteiger partial charge in [-0.3, -0.25) is 4.79 Å². The Hall–Kier alpha value is -3.22. The van der Waals surface area contributed by atoms with Gasteiger partial charge in [0.25, 0.3) is 5.91 Å². The molecule has 3 rings (SSSR count). The van der Waals surface area contributed by atoms with E-state index in [1.165, 1.54) is 0 Å². The fraction of sp³-hybridized carbons (Fsp3) is 0.391. The van der Waals surface area contributed by atoms with Crippen LogP contribution in [0.4, 0.5) is 5.69 Å². The molecule has 1 atom stereocenters. The Labute approximate surface area is 176 Å². The Bertz CT molecular complexity index is 909. The molecule has 160 valence electrons. The number of hydrogen-bond donors (Lipinski definition) is 1. The Balaban J connectivity index is 1.54. The molecule has 0 aliphatic carbocycles. The molecule has 0 saturated heterocycles. The zero-order chi connectivity index (χ0) is 21.7. The molecule has 1 heterocycles. The monoisotopic (exact) mass is 412 g/mol. The van der Waals surface area contributed by atoms with Gasteiger partial charge >= 0.3 is 5.97 Å². The summed E-state index contributed by atoms with van der Waals surface area (Å²) >= 11 is 0. The van der Waals surface area contributed by atoms with E-state index >= 15 is 0 Å². The molecule has 2 aromatic carbocycles. The number of amides is 1. The SMILES string of the molecule is CCOc1cc2c(cc1CNC(=O)COC(=O)c1ccc(N(C)C)cc1)O[C@H](C)C2. The molecule has 0 aromatic heterocycles. The van der Waals surface area contributed by atoms with E-state index in [-0.39, 0.29) is 25.2 Å². The summed E-state index contributed by atoms with van der Waals surface area (Å²) in [5.74, 6) is 0.630. The van der Waals surface area contributed by atoms with Crippen molar-refractivity contribution in [3.8, 4) is 11.5 Å². The van der Waals surface area contributed by atoms with Crippen LogP contribution in [0.3, 0.4) is 0 Å². The molecule has 1 aliphatic rings. The van der Waals surface area contributed by atoms with Gasteiger partial charge in [-0.15, -0.1) is 0 Å². The standard InChI is InChI=1S/C23H28N2O5/c1-5-28-20-11-17-10-15(2)30-21(17)12-18(20)13-24-22(26)14-29-23(27)16-6-8-19(9-7-16)25(3)4/h6-9,11-12,15H,5,10,13-14H2,1-4H3,(H,24,26)/t15-/m1/s1. The largest absolute Gasteiger partial charge is 0.494 e. The van der Waals surface area contributed by atoms with Crippen LogP contribution in [0.25, 0.3) is 0 Å². The van der Waals surface area contributed by atoms with Crippen LogP contribution in [0.2, 0.25) is 0 Å². The van der Waals surface area contributed by atoms with Crippen molar-refractivity contribution in [3.05, 3.63) is 53.1 Å². The second-order valence-corrected chi connectivity index (χ2v) is 7.43. The smallest absolute Gasteiger partial charge is 0.338 e. The summed E-state index contributed by atoms with van der Waals surface area (Å²) in [6.07, 6.45) is 0.971. The van der Waals surface area contributed by atoms with Gasteiger partial charge in [0.05, 0.1) is 12.2 Å². The van der Waals surface area contributed by atoms with E-state index in [1.54, 1.807) is 12.1 Å². The van der Waals surface area contributed by atoms with E-state index in [9.17, 15) is 9.59 Å². The van der Waals surface area contributed by atoms with Crippen molar-refractivity contribution in [2.75, 3.05) is 32.2 Å². The fourth-order valence-corrected chi connectivity index (χ4v) is 3.26. The summed E-state index contributed by atoms with van der Waals surface area (Å²) in [7, 11) is 3.84. The predicted octanol–water partition coefficient (Wildman–Crippen LogP) is 2.95. The normalized spacial score (nSPS) is 14.5. The first-order valence-corrected chi connectivity index (χ1v) is 10.0. The number of anilines is 1. The molecule has 0 fully saturated rings. The van der Waals surface area contributed by atoms with Crippen molar-refractivity contribution in [2.24, 2.45) is 0 Å². The maximum absolute atomic E-state index is 12.2. The predicted molar refractivity (Wildman–Crippen MR) is 114 cm³/mol. The molecule has 7 heteroatoms. The molecule has 1 N–H and O–H groups in total. The van der Waals surface area contributed by atoms with Gasteiger partial charge in [-0.1, -0.05) is 0 Å². The van der Waals surface area contributed by atoms with Gasteiger partial charge in [0.1, 0.15) is 17.6 Å². The molecular weight excluding hydrogens is 384 g/mol. The van der Waals surface area contributed by atoms with Crippen LogP contribution in [0.5, 0.6) is 11.5 Å². The molecule has 1 aliphatic heterocycles. The van der Waals surface area contributed by atoms with Gasteiger partial charge in [0.2, 0.25) is 0 Å². The zero-order valence-electron chi connectivity index (χ0n) is 17.9. The number of hydrogen-bond acceptors (Lipinski definition) is 6. The van der Waals surface area contributed by atoms with Crippen molar-refractivity contribution < 1.29 is 23.8 Å². The van der Waals surface area contributed by atoms with Crippen molar-refractivity contribution >= 4 is 17.6 Å². The third kappa shape index (κ3) is 5.23. The number of carbonyl (C=O) groups is 2. The molecule has 2 aromatic rings. The van der Waals surface area contributed by atoms with Crippen molar-refractivity contribution in [1.29, 1.82) is 0 Å². The molecule has 1 amide bonds. The Morgan fingerprint density at radius 3 is 2.60 bits per heavy atom. The second kappa shape index (κ2) is 9.52. The minimum atomic E-state index is -0.537. The van der Waals surface area contributed by atoms with Crippen LogP contribution < -0.4 is 19.7 Å². The first-order chi connectivity index (χ1) is 14.4. The lowest BCUT2D eigenvalue weighted by molar-refractivity contribution is -0.124. The van der Waals surface area contributed by atoms with E-state index in [0.717, 1.165) is 34.7 Å². The number of nitrogens with zero attached hydrogens (tertiary/aromatic N) is 1. The minimum absolute atomic E-state index is 0.130. The van der Waals surface area contributed by atoms with Crippen LogP contribution in [0.1, 0.15) is 35.3 Å². The lowest BCUT2D eigenvalue weighted by atomic mass is 10.1. The van der Waals surface area contributed by atoms with Crippen molar-refractivity contribution in [3.63, 3.8) is 0 Å². The van der Waals surface area contributed by atoms with Gasteiger partial charge in [0, 0.05) is 43.9 Å². The molecular formula is C23H28N2O5.